The Morgan fingerprint density at radius 3 is 3.06 bits per heavy atom. The summed E-state index contributed by atoms with van der Waals surface area (Å²) in [5.74, 6) is 0.158. The van der Waals surface area contributed by atoms with Gasteiger partial charge < -0.3 is 11.1 Å². The quantitative estimate of drug-likeness (QED) is 0.763. The molecule has 0 saturated heterocycles. The summed E-state index contributed by atoms with van der Waals surface area (Å²) in [4.78, 5) is 11.7. The molecule has 5 nitrogen and oxygen atoms in total. The zero-order chi connectivity index (χ0) is 11.4. The van der Waals surface area contributed by atoms with Crippen LogP contribution in [0, 0.1) is 5.92 Å². The van der Waals surface area contributed by atoms with Crippen LogP contribution < -0.4 is 11.1 Å². The smallest absolute Gasteiger partial charge is 0.223 e. The second-order valence-electron chi connectivity index (χ2n) is 4.20. The Hall–Kier alpha value is -1.49. The predicted octanol–water partition coefficient (Wildman–Crippen LogP) is 0.220. The maximum absolute atomic E-state index is 11.7. The van der Waals surface area contributed by atoms with Gasteiger partial charge in [0.05, 0.1) is 12.2 Å². The number of nitrogens with zero attached hydrogens (tertiary/aromatic N) is 2. The molecular weight excluding hydrogens is 204 g/mol. The van der Waals surface area contributed by atoms with Crippen LogP contribution >= 0.6 is 0 Å². The summed E-state index contributed by atoms with van der Waals surface area (Å²) in [5.41, 5.74) is 6.54. The van der Waals surface area contributed by atoms with Gasteiger partial charge in [0.1, 0.15) is 0 Å². The molecule has 1 aliphatic carbocycles. The van der Waals surface area contributed by atoms with E-state index in [2.05, 4.69) is 15.5 Å². The summed E-state index contributed by atoms with van der Waals surface area (Å²) < 4.78 is 0. The zero-order valence-corrected chi connectivity index (χ0v) is 9.10. The number of nitrogens with one attached hydrogen (secondary N) is 1. The molecule has 0 aromatic carbocycles. The molecule has 2 atom stereocenters. The molecule has 1 heterocycles. The monoisotopic (exact) mass is 220 g/mol. The largest absolute Gasteiger partial charge is 0.350 e. The minimum absolute atomic E-state index is 0.0756. The molecule has 1 aromatic heterocycles. The summed E-state index contributed by atoms with van der Waals surface area (Å²) in [5, 5.41) is 10.5. The maximum atomic E-state index is 11.7. The van der Waals surface area contributed by atoms with E-state index in [4.69, 9.17) is 5.73 Å². The van der Waals surface area contributed by atoms with E-state index in [1.165, 1.54) is 0 Å². The van der Waals surface area contributed by atoms with Crippen molar-refractivity contribution < 1.29 is 4.79 Å². The van der Waals surface area contributed by atoms with Crippen LogP contribution in [0.2, 0.25) is 0 Å². The van der Waals surface area contributed by atoms with Gasteiger partial charge in [-0.25, -0.2) is 0 Å². The highest BCUT2D eigenvalue weighted by Crippen LogP contribution is 2.23. The zero-order valence-electron chi connectivity index (χ0n) is 9.10. The Balaban J connectivity index is 1.80. The van der Waals surface area contributed by atoms with Crippen LogP contribution in [0.1, 0.15) is 25.0 Å². The van der Waals surface area contributed by atoms with Gasteiger partial charge in [-0.15, -0.1) is 0 Å². The molecule has 16 heavy (non-hydrogen) atoms. The Labute approximate surface area is 94.4 Å². The van der Waals surface area contributed by atoms with Gasteiger partial charge in [0, 0.05) is 18.2 Å². The van der Waals surface area contributed by atoms with Gasteiger partial charge in [-0.1, -0.05) is 0 Å². The Bertz CT molecular complexity index is 354. The molecule has 1 aliphatic rings. The first-order chi connectivity index (χ1) is 7.75. The summed E-state index contributed by atoms with van der Waals surface area (Å²) in [6.07, 6.45) is 4.25. The summed E-state index contributed by atoms with van der Waals surface area (Å²) in [6, 6.07) is 3.83. The molecule has 1 amide bonds. The van der Waals surface area contributed by atoms with Crippen LogP contribution in [0.5, 0.6) is 0 Å². The van der Waals surface area contributed by atoms with Crippen molar-refractivity contribution in [2.24, 2.45) is 11.7 Å². The lowest BCUT2D eigenvalue weighted by Gasteiger charge is -2.09. The van der Waals surface area contributed by atoms with Crippen molar-refractivity contribution in [3.8, 4) is 0 Å². The minimum Gasteiger partial charge on any atom is -0.350 e. The van der Waals surface area contributed by atoms with Gasteiger partial charge in [0.25, 0.3) is 0 Å². The van der Waals surface area contributed by atoms with E-state index < -0.39 is 0 Å². The van der Waals surface area contributed by atoms with Crippen LogP contribution in [-0.4, -0.2) is 22.1 Å². The van der Waals surface area contributed by atoms with Gasteiger partial charge in [0.2, 0.25) is 5.91 Å². The number of nitrogens with two attached hydrogens (primary N) is 1. The topological polar surface area (TPSA) is 80.9 Å². The highest BCUT2D eigenvalue weighted by atomic mass is 16.1. The van der Waals surface area contributed by atoms with E-state index >= 15 is 0 Å². The van der Waals surface area contributed by atoms with E-state index in [9.17, 15) is 4.79 Å². The average Bonchev–Trinajstić information content (AvgIpc) is 2.74. The van der Waals surface area contributed by atoms with E-state index in [1.54, 1.807) is 12.3 Å². The van der Waals surface area contributed by atoms with Crippen LogP contribution in [0.15, 0.2) is 18.3 Å². The number of carbonyl (C=O) groups is 1. The van der Waals surface area contributed by atoms with Crippen LogP contribution in [0.4, 0.5) is 0 Å². The van der Waals surface area contributed by atoms with E-state index in [1.807, 2.05) is 6.07 Å². The third-order valence-electron chi connectivity index (χ3n) is 2.92. The molecule has 5 heteroatoms. The fraction of sp³-hybridized carbons (Fsp3) is 0.545. The third kappa shape index (κ3) is 2.76. The van der Waals surface area contributed by atoms with Crippen molar-refractivity contribution in [1.29, 1.82) is 0 Å². The molecule has 2 unspecified atom stereocenters. The van der Waals surface area contributed by atoms with Gasteiger partial charge in [0.15, 0.2) is 0 Å². The summed E-state index contributed by atoms with van der Waals surface area (Å²) >= 11 is 0. The standard InChI is InChI=1S/C11H16N4O/c12-9-4-3-8(6-9)11(16)13-7-10-2-1-5-14-15-10/h1-2,5,8-9H,3-4,6-7,12H2,(H,13,16). The molecule has 0 bridgehead atoms. The van der Waals surface area contributed by atoms with Crippen molar-refractivity contribution >= 4 is 5.91 Å². The maximum Gasteiger partial charge on any atom is 0.223 e. The lowest BCUT2D eigenvalue weighted by molar-refractivity contribution is -0.125. The Kier molecular flexibility index (Phi) is 3.46. The van der Waals surface area contributed by atoms with Crippen molar-refractivity contribution in [3.63, 3.8) is 0 Å². The van der Waals surface area contributed by atoms with Crippen molar-refractivity contribution in [3.05, 3.63) is 24.0 Å². The van der Waals surface area contributed by atoms with Gasteiger partial charge >= 0.3 is 0 Å². The average molecular weight is 220 g/mol. The first-order valence-electron chi connectivity index (χ1n) is 5.55. The molecule has 86 valence electrons. The molecule has 0 spiro atoms. The second-order valence-corrected chi connectivity index (χ2v) is 4.20. The van der Waals surface area contributed by atoms with Crippen molar-refractivity contribution in [1.82, 2.24) is 15.5 Å². The Morgan fingerprint density at radius 2 is 2.44 bits per heavy atom. The summed E-state index contributed by atoms with van der Waals surface area (Å²) in [7, 11) is 0. The SMILES string of the molecule is NC1CCC(C(=O)NCc2cccnn2)C1. The lowest BCUT2D eigenvalue weighted by Crippen LogP contribution is -2.30. The first-order valence-corrected chi connectivity index (χ1v) is 5.55. The van der Waals surface area contributed by atoms with Crippen molar-refractivity contribution in [2.45, 2.75) is 31.8 Å². The minimum atomic E-state index is 0.0756. The molecule has 0 aliphatic heterocycles. The van der Waals surface area contributed by atoms with Crippen LogP contribution in [0.3, 0.4) is 0 Å². The molecular formula is C11H16N4O. The number of amides is 1. The first kappa shape index (κ1) is 11.0. The van der Waals surface area contributed by atoms with Gasteiger partial charge in [-0.05, 0) is 31.4 Å². The van der Waals surface area contributed by atoms with Crippen molar-refractivity contribution in [2.75, 3.05) is 0 Å². The fourth-order valence-corrected chi connectivity index (χ4v) is 2.00. The van der Waals surface area contributed by atoms with Gasteiger partial charge in [-0.3, -0.25) is 4.79 Å². The lowest BCUT2D eigenvalue weighted by atomic mass is 10.1. The van der Waals surface area contributed by atoms with Gasteiger partial charge in [-0.2, -0.15) is 10.2 Å². The highest BCUT2D eigenvalue weighted by molar-refractivity contribution is 5.78. The molecule has 1 fully saturated rings. The molecule has 3 N–H and O–H groups in total. The number of rotatable bonds is 3. The van der Waals surface area contributed by atoms with E-state index in [0.717, 1.165) is 25.0 Å². The summed E-state index contributed by atoms with van der Waals surface area (Å²) in [6.45, 7) is 0.443. The van der Waals surface area contributed by atoms with Crippen LogP contribution in [-0.2, 0) is 11.3 Å². The highest BCUT2D eigenvalue weighted by Gasteiger charge is 2.27. The molecule has 0 radical (unpaired) electrons. The predicted molar refractivity (Wildman–Crippen MR) is 59.2 cm³/mol. The normalized spacial score (nSPS) is 24.3. The van der Waals surface area contributed by atoms with Crippen LogP contribution in [0.25, 0.3) is 0 Å². The Morgan fingerprint density at radius 1 is 1.56 bits per heavy atom. The van der Waals surface area contributed by atoms with E-state index in [-0.39, 0.29) is 17.9 Å². The molecule has 2 rings (SSSR count). The fourth-order valence-electron chi connectivity index (χ4n) is 2.00. The number of hydrogen-bond donors (Lipinski definition) is 2. The number of hydrogen-bond acceptors (Lipinski definition) is 4. The number of aromatic nitrogens is 2. The third-order valence-corrected chi connectivity index (χ3v) is 2.92. The second kappa shape index (κ2) is 5.03. The number of carbonyl (C=O) groups excluding carboxylic acids is 1. The van der Waals surface area contributed by atoms with E-state index in [0.29, 0.717) is 6.54 Å². The molecule has 1 aromatic rings. The molecule has 1 saturated carbocycles.